The molecule has 1 unspecified atom stereocenters. The summed E-state index contributed by atoms with van der Waals surface area (Å²) in [6.45, 7) is 2.86. The number of aliphatic hydroxyl groups excluding tert-OH is 1. The highest BCUT2D eigenvalue weighted by atomic mass is 16.5. The van der Waals surface area contributed by atoms with Crippen molar-refractivity contribution in [3.63, 3.8) is 0 Å². The maximum Gasteiger partial charge on any atom is 0.265 e. The smallest absolute Gasteiger partial charge is 0.265 e. The van der Waals surface area contributed by atoms with E-state index in [1.165, 1.54) is 13.8 Å². The number of hydrogen-bond donors (Lipinski definition) is 2. The largest absolute Gasteiger partial charge is 0.457 e. The third-order valence-corrected chi connectivity index (χ3v) is 3.81. The summed E-state index contributed by atoms with van der Waals surface area (Å²) >= 11 is 0. The fraction of sp³-hybridized carbons (Fsp3) is 0.211. The van der Waals surface area contributed by atoms with Crippen LogP contribution in [0.15, 0.2) is 42.5 Å². The molecule has 1 aliphatic heterocycles. The molecule has 0 fully saturated rings. The quantitative estimate of drug-likeness (QED) is 0.804. The Bertz CT molecular complexity index is 874. The van der Waals surface area contributed by atoms with E-state index in [0.29, 0.717) is 11.4 Å². The molecule has 1 heterocycles. The minimum atomic E-state index is -0.817. The molecule has 0 spiro atoms. The number of carbonyl (C=O) groups excluding carboxylic acids is 3. The second-order valence-corrected chi connectivity index (χ2v) is 6.06. The fourth-order valence-corrected chi connectivity index (χ4v) is 2.75. The Morgan fingerprint density at radius 2 is 1.85 bits per heavy atom. The maximum absolute atomic E-state index is 12.6. The highest BCUT2D eigenvalue weighted by Gasteiger charge is 2.38. The van der Waals surface area contributed by atoms with Crippen LogP contribution in [-0.2, 0) is 4.79 Å². The van der Waals surface area contributed by atoms with E-state index in [2.05, 4.69) is 5.32 Å². The van der Waals surface area contributed by atoms with Crippen LogP contribution in [0.5, 0.6) is 11.5 Å². The van der Waals surface area contributed by atoms with Gasteiger partial charge in [-0.1, -0.05) is 6.07 Å². The molecule has 7 heteroatoms. The standard InChI is InChI=1S/C19H18N2O5/c1-11(22)10-21-18(24)15-4-3-5-16(17(15)19(21)25)26-14-8-6-13(7-9-14)20-12(2)23/h3-9,11,22H,10H2,1-2H3,(H,20,23). The van der Waals surface area contributed by atoms with Gasteiger partial charge in [0.05, 0.1) is 23.8 Å². The first-order valence-corrected chi connectivity index (χ1v) is 8.09. The van der Waals surface area contributed by atoms with Crippen molar-refractivity contribution in [2.45, 2.75) is 20.0 Å². The van der Waals surface area contributed by atoms with Gasteiger partial charge in [0.2, 0.25) is 5.91 Å². The molecule has 2 aromatic carbocycles. The van der Waals surface area contributed by atoms with E-state index in [1.807, 2.05) is 0 Å². The van der Waals surface area contributed by atoms with Gasteiger partial charge in [0, 0.05) is 12.6 Å². The van der Waals surface area contributed by atoms with Crippen LogP contribution < -0.4 is 10.1 Å². The molecule has 0 saturated carbocycles. The lowest BCUT2D eigenvalue weighted by Crippen LogP contribution is -2.35. The zero-order chi connectivity index (χ0) is 18.8. The lowest BCUT2D eigenvalue weighted by molar-refractivity contribution is -0.114. The number of fused-ring (bicyclic) bond motifs is 1. The Balaban J connectivity index is 1.87. The molecule has 7 nitrogen and oxygen atoms in total. The lowest BCUT2D eigenvalue weighted by atomic mass is 10.1. The van der Waals surface area contributed by atoms with Crippen molar-refractivity contribution < 1.29 is 24.2 Å². The topological polar surface area (TPSA) is 95.9 Å². The Labute approximate surface area is 150 Å². The second kappa shape index (κ2) is 6.97. The van der Waals surface area contributed by atoms with Crippen LogP contribution >= 0.6 is 0 Å². The van der Waals surface area contributed by atoms with Gasteiger partial charge in [0.1, 0.15) is 11.5 Å². The Hall–Kier alpha value is -3.19. The number of β-amino-alcohol motifs (C(OH)–C–C–N with tert-alkyl or cyclic N) is 1. The van der Waals surface area contributed by atoms with E-state index in [0.717, 1.165) is 4.90 Å². The summed E-state index contributed by atoms with van der Waals surface area (Å²) in [6.07, 6.45) is -0.817. The predicted molar refractivity (Wildman–Crippen MR) is 94.3 cm³/mol. The van der Waals surface area contributed by atoms with Crippen molar-refractivity contribution in [1.29, 1.82) is 0 Å². The molecule has 3 amide bonds. The van der Waals surface area contributed by atoms with E-state index in [4.69, 9.17) is 4.74 Å². The van der Waals surface area contributed by atoms with Gasteiger partial charge >= 0.3 is 0 Å². The molecule has 26 heavy (non-hydrogen) atoms. The van der Waals surface area contributed by atoms with Crippen LogP contribution in [0.25, 0.3) is 0 Å². The maximum atomic E-state index is 12.6. The van der Waals surface area contributed by atoms with Crippen LogP contribution in [0.2, 0.25) is 0 Å². The monoisotopic (exact) mass is 354 g/mol. The third kappa shape index (κ3) is 3.43. The summed E-state index contributed by atoms with van der Waals surface area (Å²) in [7, 11) is 0. The highest BCUT2D eigenvalue weighted by Crippen LogP contribution is 2.34. The number of benzene rings is 2. The summed E-state index contributed by atoms with van der Waals surface area (Å²) in [5.74, 6) is -0.390. The number of imide groups is 1. The van der Waals surface area contributed by atoms with Crippen molar-refractivity contribution in [3.05, 3.63) is 53.6 Å². The van der Waals surface area contributed by atoms with Crippen LogP contribution in [0.4, 0.5) is 5.69 Å². The Morgan fingerprint density at radius 3 is 2.46 bits per heavy atom. The summed E-state index contributed by atoms with van der Waals surface area (Å²) in [6, 6.07) is 11.5. The molecule has 3 rings (SSSR count). The molecule has 2 aromatic rings. The van der Waals surface area contributed by atoms with Gasteiger partial charge < -0.3 is 15.2 Å². The number of ether oxygens (including phenoxy) is 1. The molecule has 0 saturated heterocycles. The van der Waals surface area contributed by atoms with E-state index < -0.39 is 17.9 Å². The highest BCUT2D eigenvalue weighted by molar-refractivity contribution is 6.22. The van der Waals surface area contributed by atoms with Crippen LogP contribution in [0.3, 0.4) is 0 Å². The number of nitrogens with one attached hydrogen (secondary N) is 1. The number of hydrogen-bond acceptors (Lipinski definition) is 5. The molecule has 0 bridgehead atoms. The first kappa shape index (κ1) is 17.6. The summed E-state index contributed by atoms with van der Waals surface area (Å²) in [5.41, 5.74) is 1.06. The SMILES string of the molecule is CC(=O)Nc1ccc(Oc2cccc3c2C(=O)N(CC(C)O)C3=O)cc1. The molecule has 134 valence electrons. The van der Waals surface area contributed by atoms with Gasteiger partial charge in [-0.05, 0) is 43.3 Å². The van der Waals surface area contributed by atoms with Gasteiger partial charge in [-0.25, -0.2) is 0 Å². The molecular weight excluding hydrogens is 336 g/mol. The van der Waals surface area contributed by atoms with Crippen LogP contribution in [-0.4, -0.2) is 40.4 Å². The van der Waals surface area contributed by atoms with E-state index in [-0.39, 0.29) is 29.3 Å². The van der Waals surface area contributed by atoms with Gasteiger partial charge in [-0.15, -0.1) is 0 Å². The second-order valence-electron chi connectivity index (χ2n) is 6.06. The van der Waals surface area contributed by atoms with Crippen molar-refractivity contribution >= 4 is 23.4 Å². The van der Waals surface area contributed by atoms with E-state index >= 15 is 0 Å². The average Bonchev–Trinajstić information content (AvgIpc) is 2.82. The normalized spacial score (nSPS) is 14.2. The van der Waals surface area contributed by atoms with Gasteiger partial charge in [-0.2, -0.15) is 0 Å². The number of anilines is 1. The first-order valence-electron chi connectivity index (χ1n) is 8.09. The van der Waals surface area contributed by atoms with Gasteiger partial charge in [-0.3, -0.25) is 19.3 Å². The molecule has 0 aliphatic carbocycles. The Morgan fingerprint density at radius 1 is 1.15 bits per heavy atom. The minimum absolute atomic E-state index is 0.0722. The molecular formula is C19H18N2O5. The zero-order valence-corrected chi connectivity index (χ0v) is 14.4. The number of carbonyl (C=O) groups is 3. The fourth-order valence-electron chi connectivity index (χ4n) is 2.75. The molecule has 1 atom stereocenters. The molecule has 0 aromatic heterocycles. The third-order valence-electron chi connectivity index (χ3n) is 3.81. The van der Waals surface area contributed by atoms with Crippen LogP contribution in [0, 0.1) is 0 Å². The average molecular weight is 354 g/mol. The minimum Gasteiger partial charge on any atom is -0.457 e. The van der Waals surface area contributed by atoms with Gasteiger partial charge in [0.25, 0.3) is 11.8 Å². The summed E-state index contributed by atoms with van der Waals surface area (Å²) in [5, 5.41) is 12.2. The number of amides is 3. The molecule has 0 radical (unpaired) electrons. The Kier molecular flexibility index (Phi) is 4.73. The van der Waals surface area contributed by atoms with Crippen molar-refractivity contribution in [3.8, 4) is 11.5 Å². The van der Waals surface area contributed by atoms with E-state index in [9.17, 15) is 19.5 Å². The van der Waals surface area contributed by atoms with Crippen LogP contribution in [0.1, 0.15) is 34.6 Å². The lowest BCUT2D eigenvalue weighted by Gasteiger charge is -2.15. The number of rotatable bonds is 5. The predicted octanol–water partition coefficient (Wildman–Crippen LogP) is 2.41. The van der Waals surface area contributed by atoms with Crippen molar-refractivity contribution in [1.82, 2.24) is 4.90 Å². The zero-order valence-electron chi connectivity index (χ0n) is 14.4. The first-order chi connectivity index (χ1) is 12.4. The molecule has 2 N–H and O–H groups in total. The van der Waals surface area contributed by atoms with Gasteiger partial charge in [0.15, 0.2) is 0 Å². The van der Waals surface area contributed by atoms with E-state index in [1.54, 1.807) is 42.5 Å². The number of aliphatic hydroxyl groups is 1. The molecule has 1 aliphatic rings. The summed E-state index contributed by atoms with van der Waals surface area (Å²) < 4.78 is 5.78. The summed E-state index contributed by atoms with van der Waals surface area (Å²) in [4.78, 5) is 37.1. The number of nitrogens with zero attached hydrogens (tertiary/aromatic N) is 1. The van der Waals surface area contributed by atoms with Crippen molar-refractivity contribution in [2.75, 3.05) is 11.9 Å². The van der Waals surface area contributed by atoms with Crippen molar-refractivity contribution in [2.24, 2.45) is 0 Å².